The number of carbonyl (C=O) groups excluding carboxylic acids is 1. The van der Waals surface area contributed by atoms with Crippen molar-refractivity contribution in [3.63, 3.8) is 0 Å². The molecular weight excluding hydrogens is 222 g/mol. The van der Waals surface area contributed by atoms with Gasteiger partial charge in [-0.1, -0.05) is 6.92 Å². The molecule has 2 atom stereocenters. The van der Waals surface area contributed by atoms with E-state index < -0.39 is 0 Å². The van der Waals surface area contributed by atoms with Crippen molar-refractivity contribution in [2.45, 2.75) is 39.2 Å². The van der Waals surface area contributed by atoms with Gasteiger partial charge in [0.25, 0.3) is 0 Å². The summed E-state index contributed by atoms with van der Waals surface area (Å²) in [6, 6.07) is 0. The molecule has 16 heavy (non-hydrogen) atoms. The van der Waals surface area contributed by atoms with Crippen LogP contribution in [0, 0.1) is 5.92 Å². The largest absolute Gasteiger partial charge is 0.393 e. The molecule has 1 amide bonds. The maximum absolute atomic E-state index is 11.9. The topological polar surface area (TPSA) is 40.5 Å². The van der Waals surface area contributed by atoms with Gasteiger partial charge in [0.05, 0.1) is 11.9 Å². The van der Waals surface area contributed by atoms with E-state index in [9.17, 15) is 9.90 Å². The van der Waals surface area contributed by atoms with Gasteiger partial charge < -0.3 is 10.0 Å². The molecule has 0 aliphatic carbocycles. The van der Waals surface area contributed by atoms with Crippen LogP contribution in [0.25, 0.3) is 0 Å². The highest BCUT2D eigenvalue weighted by atomic mass is 32.2. The molecule has 0 aromatic carbocycles. The fourth-order valence-corrected chi connectivity index (χ4v) is 2.82. The highest BCUT2D eigenvalue weighted by Gasteiger charge is 2.25. The Kier molecular flexibility index (Phi) is 6.21. The second kappa shape index (κ2) is 7.17. The highest BCUT2D eigenvalue weighted by Crippen LogP contribution is 2.20. The van der Waals surface area contributed by atoms with Gasteiger partial charge in [0, 0.05) is 19.0 Å². The van der Waals surface area contributed by atoms with Crippen LogP contribution in [-0.4, -0.2) is 46.6 Å². The molecule has 1 aliphatic heterocycles. The zero-order chi connectivity index (χ0) is 12.0. The minimum absolute atomic E-state index is 0.240. The lowest BCUT2D eigenvalue weighted by molar-refractivity contribution is -0.130. The highest BCUT2D eigenvalue weighted by molar-refractivity contribution is 7.99. The molecule has 1 N–H and O–H groups in total. The van der Waals surface area contributed by atoms with Crippen molar-refractivity contribution in [3.05, 3.63) is 0 Å². The van der Waals surface area contributed by atoms with Crippen molar-refractivity contribution < 1.29 is 9.90 Å². The van der Waals surface area contributed by atoms with Gasteiger partial charge in [-0.2, -0.15) is 11.8 Å². The minimum atomic E-state index is -0.293. The number of aliphatic hydroxyl groups is 1. The predicted molar refractivity (Wildman–Crippen MR) is 68.6 cm³/mol. The van der Waals surface area contributed by atoms with Crippen molar-refractivity contribution in [2.75, 3.05) is 24.6 Å². The third kappa shape index (κ3) is 4.34. The summed E-state index contributed by atoms with van der Waals surface area (Å²) < 4.78 is 0. The number of hydrogen-bond donors (Lipinski definition) is 1. The number of rotatable bonds is 5. The first kappa shape index (κ1) is 13.8. The number of aliphatic hydroxyl groups excluding tert-OH is 1. The lowest BCUT2D eigenvalue weighted by Gasteiger charge is -2.34. The second-order valence-corrected chi connectivity index (χ2v) is 5.64. The fourth-order valence-electron chi connectivity index (χ4n) is 2.03. The molecule has 3 nitrogen and oxygen atoms in total. The summed E-state index contributed by atoms with van der Waals surface area (Å²) in [6.45, 7) is 5.56. The number of piperidine rings is 1. The van der Waals surface area contributed by atoms with E-state index in [1.54, 1.807) is 11.8 Å². The summed E-state index contributed by atoms with van der Waals surface area (Å²) in [5.41, 5.74) is 0. The monoisotopic (exact) mass is 245 g/mol. The van der Waals surface area contributed by atoms with Gasteiger partial charge in [0.1, 0.15) is 0 Å². The third-order valence-electron chi connectivity index (χ3n) is 3.07. The Morgan fingerprint density at radius 1 is 1.62 bits per heavy atom. The van der Waals surface area contributed by atoms with Crippen LogP contribution in [0.3, 0.4) is 0 Å². The Morgan fingerprint density at radius 2 is 2.38 bits per heavy atom. The molecule has 1 saturated heterocycles. The van der Waals surface area contributed by atoms with Crippen molar-refractivity contribution in [1.29, 1.82) is 0 Å². The summed E-state index contributed by atoms with van der Waals surface area (Å²) in [4.78, 5) is 13.8. The number of amides is 1. The molecular formula is C12H23NO2S. The molecule has 94 valence electrons. The number of thioether (sulfide) groups is 1. The van der Waals surface area contributed by atoms with Gasteiger partial charge in [-0.05, 0) is 31.9 Å². The van der Waals surface area contributed by atoms with E-state index in [1.807, 2.05) is 11.8 Å². The Bertz CT molecular complexity index is 221. The van der Waals surface area contributed by atoms with Gasteiger partial charge in [0.15, 0.2) is 0 Å². The first-order valence-electron chi connectivity index (χ1n) is 6.18. The van der Waals surface area contributed by atoms with Crippen LogP contribution >= 0.6 is 11.8 Å². The maximum Gasteiger partial charge on any atom is 0.232 e. The zero-order valence-corrected chi connectivity index (χ0v) is 11.1. The molecule has 4 heteroatoms. The quantitative estimate of drug-likeness (QED) is 0.750. The van der Waals surface area contributed by atoms with Crippen LogP contribution in [0.1, 0.15) is 33.1 Å². The van der Waals surface area contributed by atoms with Crippen molar-refractivity contribution in [3.8, 4) is 0 Å². The van der Waals surface area contributed by atoms with Gasteiger partial charge >= 0.3 is 0 Å². The first-order valence-corrected chi connectivity index (χ1v) is 7.34. The van der Waals surface area contributed by atoms with E-state index >= 15 is 0 Å². The van der Waals surface area contributed by atoms with Crippen LogP contribution in [-0.2, 0) is 4.79 Å². The van der Waals surface area contributed by atoms with E-state index in [4.69, 9.17) is 0 Å². The standard InChI is InChI=1S/C12H23NO2S/c1-3-7-16-9-12(15)13-6-4-5-11(8-13)10(2)14/h10-11,14H,3-9H2,1-2H3. The van der Waals surface area contributed by atoms with E-state index in [-0.39, 0.29) is 17.9 Å². The Hall–Kier alpha value is -0.220. The van der Waals surface area contributed by atoms with Crippen molar-refractivity contribution in [1.82, 2.24) is 4.90 Å². The van der Waals surface area contributed by atoms with Crippen molar-refractivity contribution >= 4 is 17.7 Å². The molecule has 1 heterocycles. The Balaban J connectivity index is 2.32. The SMILES string of the molecule is CCCSCC(=O)N1CCCC(C(C)O)C1. The van der Waals surface area contributed by atoms with E-state index in [0.717, 1.165) is 38.1 Å². The molecule has 0 aromatic heterocycles. The summed E-state index contributed by atoms with van der Waals surface area (Å²) in [6.07, 6.45) is 2.90. The van der Waals surface area contributed by atoms with Crippen LogP contribution in [0.5, 0.6) is 0 Å². The Morgan fingerprint density at radius 3 is 3.00 bits per heavy atom. The van der Waals surface area contributed by atoms with Crippen LogP contribution in [0.2, 0.25) is 0 Å². The molecule has 1 fully saturated rings. The van der Waals surface area contributed by atoms with Gasteiger partial charge in [-0.25, -0.2) is 0 Å². The molecule has 0 spiro atoms. The number of carbonyl (C=O) groups is 1. The van der Waals surface area contributed by atoms with E-state index in [2.05, 4.69) is 6.92 Å². The van der Waals surface area contributed by atoms with Crippen molar-refractivity contribution in [2.24, 2.45) is 5.92 Å². The van der Waals surface area contributed by atoms with Gasteiger partial charge in [0.2, 0.25) is 5.91 Å². The minimum Gasteiger partial charge on any atom is -0.393 e. The summed E-state index contributed by atoms with van der Waals surface area (Å²) in [7, 11) is 0. The van der Waals surface area contributed by atoms with Gasteiger partial charge in [-0.3, -0.25) is 4.79 Å². The van der Waals surface area contributed by atoms with Crippen LogP contribution < -0.4 is 0 Å². The third-order valence-corrected chi connectivity index (χ3v) is 4.21. The van der Waals surface area contributed by atoms with E-state index in [0.29, 0.717) is 5.75 Å². The molecule has 1 rings (SSSR count). The lowest BCUT2D eigenvalue weighted by Crippen LogP contribution is -2.43. The molecule has 0 saturated carbocycles. The molecule has 0 bridgehead atoms. The van der Waals surface area contributed by atoms with Gasteiger partial charge in [-0.15, -0.1) is 0 Å². The predicted octanol–water partition coefficient (Wildman–Crippen LogP) is 1.75. The maximum atomic E-state index is 11.9. The summed E-state index contributed by atoms with van der Waals surface area (Å²) in [5.74, 6) is 2.16. The second-order valence-electron chi connectivity index (χ2n) is 4.54. The van der Waals surface area contributed by atoms with Crippen LogP contribution in [0.15, 0.2) is 0 Å². The Labute approximate surface area is 103 Å². The molecule has 1 aliphatic rings. The van der Waals surface area contributed by atoms with E-state index in [1.165, 1.54) is 0 Å². The number of likely N-dealkylation sites (tertiary alicyclic amines) is 1. The smallest absolute Gasteiger partial charge is 0.232 e. The van der Waals surface area contributed by atoms with Crippen LogP contribution in [0.4, 0.5) is 0 Å². The summed E-state index contributed by atoms with van der Waals surface area (Å²) >= 11 is 1.71. The fraction of sp³-hybridized carbons (Fsp3) is 0.917. The molecule has 0 aromatic rings. The normalized spacial score (nSPS) is 23.2. The zero-order valence-electron chi connectivity index (χ0n) is 10.3. The first-order chi connectivity index (χ1) is 7.65. The summed E-state index contributed by atoms with van der Waals surface area (Å²) in [5, 5.41) is 9.55. The molecule has 2 unspecified atom stereocenters. The molecule has 0 radical (unpaired) electrons. The average Bonchev–Trinajstić information content (AvgIpc) is 2.29. The average molecular weight is 245 g/mol. The number of nitrogens with zero attached hydrogens (tertiary/aromatic N) is 1. The number of hydrogen-bond acceptors (Lipinski definition) is 3. The lowest BCUT2D eigenvalue weighted by atomic mass is 9.93.